The first-order chi connectivity index (χ1) is 13.6. The third-order valence-corrected chi connectivity index (χ3v) is 4.40. The SMILES string of the molecule is CC(O)c1ccn(-c2nc(Nc3ccc(F)cc3)cc(N3CCOCC3)n2)n1. The molecule has 9 heteroatoms. The fourth-order valence-electron chi connectivity index (χ4n) is 2.90. The topological polar surface area (TPSA) is 88.3 Å². The number of aliphatic hydroxyl groups excluding tert-OH is 1. The summed E-state index contributed by atoms with van der Waals surface area (Å²) in [4.78, 5) is 11.3. The Bertz CT molecular complexity index is 938. The van der Waals surface area contributed by atoms with Crippen LogP contribution in [0.3, 0.4) is 0 Å². The smallest absolute Gasteiger partial charge is 0.254 e. The number of anilines is 3. The van der Waals surface area contributed by atoms with Crippen LogP contribution in [0.15, 0.2) is 42.6 Å². The molecule has 3 heterocycles. The number of aliphatic hydroxyl groups is 1. The van der Waals surface area contributed by atoms with Gasteiger partial charge in [0.2, 0.25) is 0 Å². The van der Waals surface area contributed by atoms with Gasteiger partial charge in [-0.05, 0) is 37.3 Å². The summed E-state index contributed by atoms with van der Waals surface area (Å²) in [5.74, 6) is 1.38. The third kappa shape index (κ3) is 4.10. The van der Waals surface area contributed by atoms with Gasteiger partial charge >= 0.3 is 0 Å². The number of morpholine rings is 1. The monoisotopic (exact) mass is 384 g/mol. The lowest BCUT2D eigenvalue weighted by atomic mass is 10.3. The molecule has 0 bridgehead atoms. The van der Waals surface area contributed by atoms with Gasteiger partial charge in [-0.1, -0.05) is 0 Å². The van der Waals surface area contributed by atoms with Gasteiger partial charge in [-0.2, -0.15) is 15.1 Å². The minimum absolute atomic E-state index is 0.301. The van der Waals surface area contributed by atoms with E-state index in [1.54, 1.807) is 31.3 Å². The highest BCUT2D eigenvalue weighted by Gasteiger charge is 2.17. The Kier molecular flexibility index (Phi) is 5.18. The number of nitrogens with zero attached hydrogens (tertiary/aromatic N) is 5. The molecule has 146 valence electrons. The molecule has 0 aliphatic carbocycles. The molecule has 1 aromatic carbocycles. The maximum atomic E-state index is 13.2. The largest absolute Gasteiger partial charge is 0.387 e. The zero-order chi connectivity index (χ0) is 19.5. The lowest BCUT2D eigenvalue weighted by Gasteiger charge is -2.28. The maximum absolute atomic E-state index is 13.2. The predicted octanol–water partition coefficient (Wildman–Crippen LogP) is 2.43. The van der Waals surface area contributed by atoms with Gasteiger partial charge in [0.25, 0.3) is 5.95 Å². The maximum Gasteiger partial charge on any atom is 0.254 e. The summed E-state index contributed by atoms with van der Waals surface area (Å²) in [5, 5.41) is 17.3. The van der Waals surface area contributed by atoms with E-state index in [1.165, 1.54) is 16.8 Å². The zero-order valence-corrected chi connectivity index (χ0v) is 15.4. The standard InChI is InChI=1S/C19H21FN6O2/c1-13(27)16-6-7-26(24-16)19-22-17(21-15-4-2-14(20)3-5-15)12-18(23-19)25-8-10-28-11-9-25/h2-7,12-13,27H,8-11H2,1H3,(H,21,22,23). The van der Waals surface area contributed by atoms with E-state index in [4.69, 9.17) is 4.74 Å². The second kappa shape index (κ2) is 7.91. The van der Waals surface area contributed by atoms with Crippen molar-refractivity contribution >= 4 is 17.3 Å². The Morgan fingerprint density at radius 1 is 1.14 bits per heavy atom. The van der Waals surface area contributed by atoms with Crippen molar-refractivity contribution in [2.45, 2.75) is 13.0 Å². The quantitative estimate of drug-likeness (QED) is 0.698. The van der Waals surface area contributed by atoms with Crippen LogP contribution in [0.25, 0.3) is 5.95 Å². The van der Waals surface area contributed by atoms with Crippen molar-refractivity contribution in [3.63, 3.8) is 0 Å². The minimum Gasteiger partial charge on any atom is -0.387 e. The Morgan fingerprint density at radius 3 is 2.57 bits per heavy atom. The number of nitrogens with one attached hydrogen (secondary N) is 1. The molecule has 0 saturated carbocycles. The molecule has 1 saturated heterocycles. The van der Waals surface area contributed by atoms with Crippen LogP contribution in [-0.4, -0.2) is 51.2 Å². The highest BCUT2D eigenvalue weighted by atomic mass is 19.1. The zero-order valence-electron chi connectivity index (χ0n) is 15.4. The molecule has 1 unspecified atom stereocenters. The molecule has 0 amide bonds. The molecule has 1 aliphatic heterocycles. The Labute approximate surface area is 161 Å². The summed E-state index contributed by atoms with van der Waals surface area (Å²) >= 11 is 0. The second-order valence-corrected chi connectivity index (χ2v) is 6.50. The van der Waals surface area contributed by atoms with Crippen LogP contribution in [0.1, 0.15) is 18.7 Å². The number of benzene rings is 1. The van der Waals surface area contributed by atoms with Crippen molar-refractivity contribution in [1.29, 1.82) is 0 Å². The lowest BCUT2D eigenvalue weighted by molar-refractivity contribution is 0.122. The van der Waals surface area contributed by atoms with E-state index in [0.29, 0.717) is 36.4 Å². The van der Waals surface area contributed by atoms with Gasteiger partial charge in [-0.25, -0.2) is 9.07 Å². The number of hydrogen-bond acceptors (Lipinski definition) is 7. The van der Waals surface area contributed by atoms with Gasteiger partial charge in [-0.15, -0.1) is 0 Å². The summed E-state index contributed by atoms with van der Waals surface area (Å²) in [7, 11) is 0. The van der Waals surface area contributed by atoms with Gasteiger partial charge < -0.3 is 20.1 Å². The number of halogens is 1. The average molecular weight is 384 g/mol. The Hall–Kier alpha value is -3.04. The van der Waals surface area contributed by atoms with E-state index >= 15 is 0 Å². The van der Waals surface area contributed by atoms with Crippen LogP contribution in [0, 0.1) is 5.82 Å². The molecule has 0 spiro atoms. The van der Waals surface area contributed by atoms with Gasteiger partial charge in [0.1, 0.15) is 17.5 Å². The van der Waals surface area contributed by atoms with E-state index in [0.717, 1.165) is 18.9 Å². The van der Waals surface area contributed by atoms with Crippen molar-refractivity contribution in [1.82, 2.24) is 19.7 Å². The minimum atomic E-state index is -0.680. The molecular formula is C19H21FN6O2. The Morgan fingerprint density at radius 2 is 1.89 bits per heavy atom. The lowest BCUT2D eigenvalue weighted by Crippen LogP contribution is -2.37. The van der Waals surface area contributed by atoms with Gasteiger partial charge in [0, 0.05) is 31.0 Å². The molecule has 4 rings (SSSR count). The highest BCUT2D eigenvalue weighted by Crippen LogP contribution is 2.22. The summed E-state index contributed by atoms with van der Waals surface area (Å²) in [5.41, 5.74) is 1.25. The van der Waals surface area contributed by atoms with Crippen LogP contribution >= 0.6 is 0 Å². The van der Waals surface area contributed by atoms with Crippen molar-refractivity contribution < 1.29 is 14.2 Å². The summed E-state index contributed by atoms with van der Waals surface area (Å²) < 4.78 is 20.1. The van der Waals surface area contributed by atoms with Crippen LogP contribution in [-0.2, 0) is 4.74 Å². The molecule has 0 radical (unpaired) electrons. The Balaban J connectivity index is 1.70. The van der Waals surface area contributed by atoms with E-state index < -0.39 is 6.10 Å². The van der Waals surface area contributed by atoms with E-state index in [9.17, 15) is 9.50 Å². The van der Waals surface area contributed by atoms with Crippen LogP contribution in [0.4, 0.5) is 21.7 Å². The molecular weight excluding hydrogens is 363 g/mol. The first-order valence-corrected chi connectivity index (χ1v) is 9.07. The number of ether oxygens (including phenoxy) is 1. The summed E-state index contributed by atoms with van der Waals surface area (Å²) in [6, 6.07) is 9.63. The van der Waals surface area contributed by atoms with Gasteiger partial charge in [-0.3, -0.25) is 0 Å². The average Bonchev–Trinajstić information content (AvgIpc) is 3.21. The molecule has 1 aliphatic rings. The van der Waals surface area contributed by atoms with Crippen LogP contribution < -0.4 is 10.2 Å². The second-order valence-electron chi connectivity index (χ2n) is 6.50. The van der Waals surface area contributed by atoms with Crippen molar-refractivity contribution in [2.75, 3.05) is 36.5 Å². The van der Waals surface area contributed by atoms with Crippen molar-refractivity contribution in [2.24, 2.45) is 0 Å². The van der Waals surface area contributed by atoms with Crippen LogP contribution in [0.2, 0.25) is 0 Å². The summed E-state index contributed by atoms with van der Waals surface area (Å²) in [6.45, 7) is 4.37. The molecule has 3 aromatic rings. The first-order valence-electron chi connectivity index (χ1n) is 9.07. The molecule has 8 nitrogen and oxygen atoms in total. The fraction of sp³-hybridized carbons (Fsp3) is 0.316. The number of hydrogen-bond donors (Lipinski definition) is 2. The molecule has 2 aromatic heterocycles. The fourth-order valence-corrected chi connectivity index (χ4v) is 2.90. The highest BCUT2D eigenvalue weighted by molar-refractivity contribution is 5.60. The third-order valence-electron chi connectivity index (χ3n) is 4.40. The normalized spacial score (nSPS) is 15.5. The van der Waals surface area contributed by atoms with Gasteiger partial charge in [0.05, 0.1) is 25.0 Å². The molecule has 28 heavy (non-hydrogen) atoms. The van der Waals surface area contributed by atoms with Gasteiger partial charge in [0.15, 0.2) is 0 Å². The molecule has 2 N–H and O–H groups in total. The summed E-state index contributed by atoms with van der Waals surface area (Å²) in [6.07, 6.45) is 1.03. The number of rotatable bonds is 5. The predicted molar refractivity (Wildman–Crippen MR) is 103 cm³/mol. The van der Waals surface area contributed by atoms with Crippen molar-refractivity contribution in [3.05, 3.63) is 54.1 Å². The van der Waals surface area contributed by atoms with E-state index in [1.807, 2.05) is 6.07 Å². The first kappa shape index (κ1) is 18.3. The van der Waals surface area contributed by atoms with E-state index in [-0.39, 0.29) is 5.82 Å². The van der Waals surface area contributed by atoms with E-state index in [2.05, 4.69) is 25.3 Å². The van der Waals surface area contributed by atoms with Crippen molar-refractivity contribution in [3.8, 4) is 5.95 Å². The number of aromatic nitrogens is 4. The van der Waals surface area contributed by atoms with Crippen LogP contribution in [0.5, 0.6) is 0 Å². The molecule has 1 fully saturated rings. The molecule has 1 atom stereocenters.